The maximum absolute atomic E-state index is 12.0. The van der Waals surface area contributed by atoms with Crippen LogP contribution in [0.5, 0.6) is 23.0 Å². The first-order chi connectivity index (χ1) is 10.9. The van der Waals surface area contributed by atoms with Crippen LogP contribution in [0.2, 0.25) is 0 Å². The Morgan fingerprint density at radius 2 is 1.57 bits per heavy atom. The predicted octanol–water partition coefficient (Wildman–Crippen LogP) is 2.79. The Kier molecular flexibility index (Phi) is 3.42. The number of fused-ring (bicyclic) bond motifs is 1. The van der Waals surface area contributed by atoms with Gasteiger partial charge in [-0.2, -0.15) is 0 Å². The van der Waals surface area contributed by atoms with Crippen LogP contribution in [-0.4, -0.2) is 20.4 Å². The van der Waals surface area contributed by atoms with Gasteiger partial charge in [-0.1, -0.05) is 6.08 Å². The minimum absolute atomic E-state index is 0.0249. The van der Waals surface area contributed by atoms with Gasteiger partial charge in [0.1, 0.15) is 17.1 Å². The van der Waals surface area contributed by atoms with Crippen LogP contribution in [0.4, 0.5) is 0 Å². The molecule has 0 saturated carbocycles. The number of hydrogen-bond donors (Lipinski definition) is 4. The molecule has 116 valence electrons. The van der Waals surface area contributed by atoms with Gasteiger partial charge in [0.15, 0.2) is 22.7 Å². The summed E-state index contributed by atoms with van der Waals surface area (Å²) in [6.45, 7) is 0. The van der Waals surface area contributed by atoms with Gasteiger partial charge in [-0.3, -0.25) is 4.79 Å². The van der Waals surface area contributed by atoms with E-state index in [1.165, 1.54) is 48.6 Å². The van der Waals surface area contributed by atoms with Crippen molar-refractivity contribution >= 4 is 23.1 Å². The lowest BCUT2D eigenvalue weighted by Crippen LogP contribution is -1.99. The summed E-state index contributed by atoms with van der Waals surface area (Å²) in [5.74, 6) is -1.28. The fraction of sp³-hybridized carbons (Fsp3) is 0. The van der Waals surface area contributed by atoms with E-state index in [2.05, 4.69) is 0 Å². The van der Waals surface area contributed by atoms with Crippen LogP contribution in [0.3, 0.4) is 0 Å². The molecule has 1 aromatic heterocycles. The van der Waals surface area contributed by atoms with E-state index < -0.39 is 17.2 Å². The Morgan fingerprint density at radius 3 is 2.26 bits per heavy atom. The zero-order valence-electron chi connectivity index (χ0n) is 11.7. The maximum atomic E-state index is 12.0. The number of hydrogen-bond acceptors (Lipinski definition) is 6. The second-order valence-corrected chi connectivity index (χ2v) is 4.93. The molecule has 0 radical (unpaired) electrons. The third kappa shape index (κ3) is 2.82. The summed E-state index contributed by atoms with van der Waals surface area (Å²) in [4.78, 5) is 12.0. The average molecular weight is 312 g/mol. The zero-order valence-corrected chi connectivity index (χ0v) is 11.7. The van der Waals surface area contributed by atoms with Crippen LogP contribution in [0.1, 0.15) is 11.3 Å². The van der Waals surface area contributed by atoms with Crippen molar-refractivity contribution < 1.29 is 24.8 Å². The summed E-state index contributed by atoms with van der Waals surface area (Å²) in [5.41, 5.74) is 0.427. The number of rotatable bonds is 2. The molecule has 3 rings (SSSR count). The van der Waals surface area contributed by atoms with Gasteiger partial charge in [-0.25, -0.2) is 0 Å². The molecule has 0 spiro atoms. The van der Waals surface area contributed by atoms with Gasteiger partial charge in [0.05, 0.1) is 5.39 Å². The fourth-order valence-corrected chi connectivity index (χ4v) is 2.14. The smallest absolute Gasteiger partial charge is 0.200 e. The molecule has 0 amide bonds. The van der Waals surface area contributed by atoms with Crippen molar-refractivity contribution in [2.75, 3.05) is 0 Å². The quantitative estimate of drug-likeness (QED) is 0.541. The highest BCUT2D eigenvalue weighted by Crippen LogP contribution is 2.35. The molecule has 4 N–H and O–H groups in total. The molecule has 0 aliphatic heterocycles. The van der Waals surface area contributed by atoms with Crippen molar-refractivity contribution in [3.8, 4) is 23.0 Å². The van der Waals surface area contributed by atoms with Gasteiger partial charge in [0.2, 0.25) is 0 Å². The Morgan fingerprint density at radius 1 is 0.870 bits per heavy atom. The van der Waals surface area contributed by atoms with E-state index in [1.54, 1.807) is 0 Å². The van der Waals surface area contributed by atoms with Crippen LogP contribution < -0.4 is 5.43 Å². The Hall–Kier alpha value is -3.41. The Labute approximate surface area is 129 Å². The summed E-state index contributed by atoms with van der Waals surface area (Å²) in [7, 11) is 0. The van der Waals surface area contributed by atoms with Crippen LogP contribution in [0.25, 0.3) is 23.1 Å². The maximum Gasteiger partial charge on any atom is 0.200 e. The van der Waals surface area contributed by atoms with E-state index in [9.17, 15) is 25.2 Å². The normalized spacial score (nSPS) is 11.3. The average Bonchev–Trinajstić information content (AvgIpc) is 2.51. The molecular formula is C17H12O6. The highest BCUT2D eigenvalue weighted by molar-refractivity contribution is 5.80. The number of phenols is 4. The van der Waals surface area contributed by atoms with Crippen molar-refractivity contribution in [3.05, 3.63) is 57.9 Å². The molecule has 0 aliphatic rings. The highest BCUT2D eigenvalue weighted by Gasteiger charge is 2.07. The van der Waals surface area contributed by atoms with Crippen LogP contribution >= 0.6 is 0 Å². The molecule has 6 nitrogen and oxygen atoms in total. The minimum atomic E-state index is -0.598. The van der Waals surface area contributed by atoms with E-state index in [-0.39, 0.29) is 22.3 Å². The summed E-state index contributed by atoms with van der Waals surface area (Å²) >= 11 is 0. The van der Waals surface area contributed by atoms with Crippen LogP contribution in [0.15, 0.2) is 45.6 Å². The SMILES string of the molecule is O=c1cc(/C=C/c2cc(O)c(O)c(O)c2)oc2ccc(O)cc12. The first kappa shape index (κ1) is 14.5. The third-order valence-electron chi connectivity index (χ3n) is 3.26. The first-order valence-corrected chi connectivity index (χ1v) is 6.64. The van der Waals surface area contributed by atoms with E-state index in [1.807, 2.05) is 0 Å². The fourth-order valence-electron chi connectivity index (χ4n) is 2.14. The standard InChI is InChI=1S/C17H12O6/c18-10-2-4-16-12(7-10)13(19)8-11(23-16)3-1-9-5-14(20)17(22)15(21)6-9/h1-8,18,20-22H/b3-1+. The molecule has 6 heteroatoms. The lowest BCUT2D eigenvalue weighted by atomic mass is 10.1. The van der Waals surface area contributed by atoms with Crippen molar-refractivity contribution in [2.24, 2.45) is 0 Å². The molecule has 0 atom stereocenters. The second kappa shape index (κ2) is 5.42. The minimum Gasteiger partial charge on any atom is -0.508 e. The van der Waals surface area contributed by atoms with Crippen molar-refractivity contribution in [3.63, 3.8) is 0 Å². The molecule has 23 heavy (non-hydrogen) atoms. The lowest BCUT2D eigenvalue weighted by Gasteiger charge is -2.02. The molecule has 2 aromatic carbocycles. The van der Waals surface area contributed by atoms with E-state index in [0.717, 1.165) is 0 Å². The van der Waals surface area contributed by atoms with Crippen LogP contribution in [0, 0.1) is 0 Å². The second-order valence-electron chi connectivity index (χ2n) is 4.93. The number of aromatic hydroxyl groups is 4. The van der Waals surface area contributed by atoms with Crippen molar-refractivity contribution in [1.29, 1.82) is 0 Å². The Balaban J connectivity index is 2.01. The van der Waals surface area contributed by atoms with Gasteiger partial charge >= 0.3 is 0 Å². The molecule has 0 fully saturated rings. The van der Waals surface area contributed by atoms with Gasteiger partial charge in [-0.05, 0) is 42.0 Å². The Bertz CT molecular complexity index is 961. The largest absolute Gasteiger partial charge is 0.508 e. The van der Waals surface area contributed by atoms with Gasteiger partial charge in [0.25, 0.3) is 0 Å². The molecule has 0 saturated heterocycles. The number of phenolic OH excluding ortho intramolecular Hbond substituents is 4. The molecule has 0 bridgehead atoms. The topological polar surface area (TPSA) is 111 Å². The third-order valence-corrected chi connectivity index (χ3v) is 3.26. The van der Waals surface area contributed by atoms with Gasteiger partial charge in [-0.15, -0.1) is 0 Å². The predicted molar refractivity (Wildman–Crippen MR) is 84.5 cm³/mol. The molecule has 3 aromatic rings. The highest BCUT2D eigenvalue weighted by atomic mass is 16.3. The summed E-state index contributed by atoms with van der Waals surface area (Å²) < 4.78 is 5.53. The summed E-state index contributed by atoms with van der Waals surface area (Å²) in [5, 5.41) is 37.8. The lowest BCUT2D eigenvalue weighted by molar-refractivity contribution is 0.368. The molecule has 0 aliphatic carbocycles. The van der Waals surface area contributed by atoms with Crippen molar-refractivity contribution in [1.82, 2.24) is 0 Å². The van der Waals surface area contributed by atoms with Crippen LogP contribution in [-0.2, 0) is 0 Å². The summed E-state index contributed by atoms with van der Waals surface area (Å²) in [6, 6.07) is 7.99. The van der Waals surface area contributed by atoms with Gasteiger partial charge < -0.3 is 24.8 Å². The monoisotopic (exact) mass is 312 g/mol. The molecule has 1 heterocycles. The van der Waals surface area contributed by atoms with E-state index in [0.29, 0.717) is 11.1 Å². The van der Waals surface area contributed by atoms with Gasteiger partial charge in [0, 0.05) is 6.07 Å². The van der Waals surface area contributed by atoms with Crippen molar-refractivity contribution in [2.45, 2.75) is 0 Å². The number of benzene rings is 2. The zero-order chi connectivity index (χ0) is 16.6. The first-order valence-electron chi connectivity index (χ1n) is 6.64. The van der Waals surface area contributed by atoms with E-state index in [4.69, 9.17) is 4.42 Å². The summed E-state index contributed by atoms with van der Waals surface area (Å²) in [6.07, 6.45) is 2.99. The molecular weight excluding hydrogens is 300 g/mol. The molecule has 0 unspecified atom stereocenters. The van der Waals surface area contributed by atoms with E-state index >= 15 is 0 Å².